The fraction of sp³-hybridized carbons (Fsp3) is 0.500. The zero-order valence-electron chi connectivity index (χ0n) is 13.7. The van der Waals surface area contributed by atoms with Gasteiger partial charge in [0.05, 0.1) is 11.5 Å². The van der Waals surface area contributed by atoms with Crippen molar-refractivity contribution in [1.82, 2.24) is 14.8 Å². The molecule has 1 aliphatic heterocycles. The van der Waals surface area contributed by atoms with Gasteiger partial charge in [-0.15, -0.1) is 0 Å². The number of rotatable bonds is 6. The molecule has 1 saturated heterocycles. The van der Waals surface area contributed by atoms with Crippen molar-refractivity contribution >= 4 is 11.4 Å². The fourth-order valence-electron chi connectivity index (χ4n) is 3.25. The molecular formula is C16H21N5O3. The van der Waals surface area contributed by atoms with Crippen LogP contribution in [0.25, 0.3) is 0 Å². The monoisotopic (exact) mass is 331 g/mol. The summed E-state index contributed by atoms with van der Waals surface area (Å²) in [6, 6.07) is 5.27. The Morgan fingerprint density at radius 3 is 3.04 bits per heavy atom. The summed E-state index contributed by atoms with van der Waals surface area (Å²) in [5.41, 5.74) is 0.690. The summed E-state index contributed by atoms with van der Waals surface area (Å²) in [5, 5.41) is 15.7. The molecule has 128 valence electrons. The molecule has 1 fully saturated rings. The van der Waals surface area contributed by atoms with E-state index in [1.807, 2.05) is 17.7 Å². The molecule has 8 nitrogen and oxygen atoms in total. The third-order valence-corrected chi connectivity index (χ3v) is 4.23. The van der Waals surface area contributed by atoms with E-state index in [0.717, 1.165) is 32.5 Å². The van der Waals surface area contributed by atoms with Crippen molar-refractivity contribution in [1.29, 1.82) is 0 Å². The maximum Gasteiger partial charge on any atom is 0.333 e. The molecule has 1 unspecified atom stereocenters. The van der Waals surface area contributed by atoms with Gasteiger partial charge in [-0.05, 0) is 37.8 Å². The Morgan fingerprint density at radius 2 is 2.33 bits per heavy atom. The number of nitro benzene ring substituents is 1. The Kier molecular flexibility index (Phi) is 4.93. The van der Waals surface area contributed by atoms with Crippen LogP contribution in [0.4, 0.5) is 11.4 Å². The van der Waals surface area contributed by atoms with Crippen LogP contribution < -0.4 is 9.64 Å². The van der Waals surface area contributed by atoms with Gasteiger partial charge in [0.2, 0.25) is 0 Å². The Hall–Kier alpha value is -2.64. The van der Waals surface area contributed by atoms with Crippen molar-refractivity contribution in [2.45, 2.75) is 26.3 Å². The van der Waals surface area contributed by atoms with E-state index >= 15 is 0 Å². The van der Waals surface area contributed by atoms with Gasteiger partial charge in [-0.3, -0.25) is 14.8 Å². The highest BCUT2D eigenvalue weighted by Crippen LogP contribution is 2.38. The molecule has 2 heterocycles. The molecule has 1 aromatic heterocycles. The summed E-state index contributed by atoms with van der Waals surface area (Å²) in [6.45, 7) is 4.57. The van der Waals surface area contributed by atoms with Crippen LogP contribution in [0.3, 0.4) is 0 Å². The average Bonchev–Trinajstić information content (AvgIpc) is 3.08. The Bertz CT molecular complexity index is 689. The topological polar surface area (TPSA) is 86.3 Å². The van der Waals surface area contributed by atoms with Crippen molar-refractivity contribution in [2.24, 2.45) is 5.92 Å². The molecule has 0 saturated carbocycles. The lowest BCUT2D eigenvalue weighted by Crippen LogP contribution is -2.37. The molecule has 1 aromatic carbocycles. The van der Waals surface area contributed by atoms with Gasteiger partial charge >= 0.3 is 5.69 Å². The molecule has 1 atom stereocenters. The van der Waals surface area contributed by atoms with E-state index < -0.39 is 0 Å². The van der Waals surface area contributed by atoms with Gasteiger partial charge in [-0.25, -0.2) is 4.98 Å². The van der Waals surface area contributed by atoms with Crippen molar-refractivity contribution in [3.63, 3.8) is 0 Å². The minimum atomic E-state index is -0.346. The number of ether oxygens (including phenoxy) is 1. The van der Waals surface area contributed by atoms with Crippen LogP contribution >= 0.6 is 0 Å². The highest BCUT2D eigenvalue weighted by molar-refractivity contribution is 5.70. The maximum atomic E-state index is 11.6. The Labute approximate surface area is 140 Å². The minimum absolute atomic E-state index is 0.0563. The number of nitrogens with zero attached hydrogens (tertiary/aromatic N) is 5. The lowest BCUT2D eigenvalue weighted by Gasteiger charge is -2.34. The third-order valence-electron chi connectivity index (χ3n) is 4.23. The molecule has 0 N–H and O–H groups in total. The van der Waals surface area contributed by atoms with E-state index in [-0.39, 0.29) is 10.6 Å². The fourth-order valence-corrected chi connectivity index (χ4v) is 3.25. The number of piperidine rings is 1. The number of anilines is 1. The summed E-state index contributed by atoms with van der Waals surface area (Å²) in [6.07, 6.45) is 5.30. The second kappa shape index (κ2) is 7.29. The van der Waals surface area contributed by atoms with E-state index in [4.69, 9.17) is 4.74 Å². The molecule has 0 bridgehead atoms. The molecule has 24 heavy (non-hydrogen) atoms. The normalized spacial score (nSPS) is 17.7. The number of para-hydroxylation sites is 1. The Morgan fingerprint density at radius 1 is 1.46 bits per heavy atom. The van der Waals surface area contributed by atoms with Crippen LogP contribution in [-0.2, 0) is 6.54 Å². The first-order valence-electron chi connectivity index (χ1n) is 8.16. The summed E-state index contributed by atoms with van der Waals surface area (Å²) < 4.78 is 7.27. The first-order chi connectivity index (χ1) is 11.7. The average molecular weight is 331 g/mol. The van der Waals surface area contributed by atoms with E-state index in [0.29, 0.717) is 24.0 Å². The van der Waals surface area contributed by atoms with Gasteiger partial charge in [-0.2, -0.15) is 5.10 Å². The summed E-state index contributed by atoms with van der Waals surface area (Å²) in [4.78, 5) is 17.3. The standard InChI is InChI=1S/C16H21N5O3/c1-2-24-15-7-3-6-14(16(15)21(22)23)19-8-4-5-13(9-19)10-20-12-17-11-18-20/h3,6-7,11-13H,2,4-5,8-10H2,1H3. The number of hydrogen-bond acceptors (Lipinski definition) is 6. The van der Waals surface area contributed by atoms with Crippen LogP contribution in [0.5, 0.6) is 5.75 Å². The molecule has 8 heteroatoms. The molecule has 0 amide bonds. The predicted molar refractivity (Wildman–Crippen MR) is 89.2 cm³/mol. The maximum absolute atomic E-state index is 11.6. The van der Waals surface area contributed by atoms with E-state index in [2.05, 4.69) is 15.0 Å². The Balaban J connectivity index is 1.82. The second-order valence-corrected chi connectivity index (χ2v) is 5.89. The minimum Gasteiger partial charge on any atom is -0.487 e. The lowest BCUT2D eigenvalue weighted by molar-refractivity contribution is -0.385. The van der Waals surface area contributed by atoms with Crippen molar-refractivity contribution < 1.29 is 9.66 Å². The number of hydrogen-bond donors (Lipinski definition) is 0. The zero-order valence-corrected chi connectivity index (χ0v) is 13.7. The summed E-state index contributed by atoms with van der Waals surface area (Å²) in [5.74, 6) is 0.717. The van der Waals surface area contributed by atoms with Crippen molar-refractivity contribution in [3.05, 3.63) is 41.0 Å². The second-order valence-electron chi connectivity index (χ2n) is 5.89. The largest absolute Gasteiger partial charge is 0.487 e. The molecular weight excluding hydrogens is 310 g/mol. The van der Waals surface area contributed by atoms with Crippen LogP contribution in [0, 0.1) is 16.0 Å². The van der Waals surface area contributed by atoms with E-state index in [1.54, 1.807) is 18.5 Å². The third kappa shape index (κ3) is 3.47. The van der Waals surface area contributed by atoms with Crippen molar-refractivity contribution in [2.75, 3.05) is 24.6 Å². The van der Waals surface area contributed by atoms with E-state index in [1.165, 1.54) is 6.33 Å². The predicted octanol–water partition coefficient (Wildman–Crippen LogP) is 2.50. The molecule has 0 aliphatic carbocycles. The van der Waals surface area contributed by atoms with Gasteiger partial charge in [0.1, 0.15) is 18.3 Å². The molecule has 0 radical (unpaired) electrons. The van der Waals surface area contributed by atoms with Gasteiger partial charge in [-0.1, -0.05) is 6.07 Å². The van der Waals surface area contributed by atoms with E-state index in [9.17, 15) is 10.1 Å². The SMILES string of the molecule is CCOc1cccc(N2CCCC(Cn3cncn3)C2)c1[N+](=O)[O-]. The van der Waals surface area contributed by atoms with Crippen molar-refractivity contribution in [3.8, 4) is 5.75 Å². The summed E-state index contributed by atoms with van der Waals surface area (Å²) >= 11 is 0. The van der Waals surface area contributed by atoms with Crippen LogP contribution in [0.15, 0.2) is 30.9 Å². The van der Waals surface area contributed by atoms with Crippen LogP contribution in [0.1, 0.15) is 19.8 Å². The first-order valence-corrected chi connectivity index (χ1v) is 8.16. The smallest absolute Gasteiger partial charge is 0.333 e. The van der Waals surface area contributed by atoms with Gasteiger partial charge in [0.15, 0.2) is 5.75 Å². The lowest BCUT2D eigenvalue weighted by atomic mass is 9.97. The molecule has 2 aromatic rings. The highest BCUT2D eigenvalue weighted by atomic mass is 16.6. The zero-order chi connectivity index (χ0) is 16.9. The van der Waals surface area contributed by atoms with Crippen LogP contribution in [-0.4, -0.2) is 39.4 Å². The van der Waals surface area contributed by atoms with Gasteiger partial charge in [0, 0.05) is 19.6 Å². The number of nitro groups is 1. The highest BCUT2D eigenvalue weighted by Gasteiger charge is 2.28. The number of aromatic nitrogens is 3. The van der Waals surface area contributed by atoms with Crippen LogP contribution in [0.2, 0.25) is 0 Å². The molecule has 3 rings (SSSR count). The van der Waals surface area contributed by atoms with Gasteiger partial charge in [0.25, 0.3) is 0 Å². The molecule has 1 aliphatic rings. The van der Waals surface area contributed by atoms with Gasteiger partial charge < -0.3 is 9.64 Å². The molecule has 0 spiro atoms. The first kappa shape index (κ1) is 16.2. The number of benzene rings is 1. The summed E-state index contributed by atoms with van der Waals surface area (Å²) in [7, 11) is 0. The quantitative estimate of drug-likeness (QED) is 0.597.